The molecule has 2 aromatic carbocycles. The van der Waals surface area contributed by atoms with E-state index in [2.05, 4.69) is 10.3 Å². The number of hydrogen-bond donors (Lipinski definition) is 2. The van der Waals surface area contributed by atoms with Gasteiger partial charge in [0, 0.05) is 28.9 Å². The van der Waals surface area contributed by atoms with Crippen molar-refractivity contribution in [3.8, 4) is 11.3 Å². The molecule has 5 rings (SSSR count). The maximum absolute atomic E-state index is 12.8. The first-order chi connectivity index (χ1) is 13.7. The van der Waals surface area contributed by atoms with E-state index in [-0.39, 0.29) is 5.91 Å². The summed E-state index contributed by atoms with van der Waals surface area (Å²) in [6.45, 7) is 2.04. The number of aromatic amines is 1. The van der Waals surface area contributed by atoms with E-state index in [1.807, 2.05) is 90.4 Å². The van der Waals surface area contributed by atoms with Gasteiger partial charge in [0.15, 0.2) is 0 Å². The number of aromatic nitrogens is 3. The molecule has 2 N–H and O–H groups in total. The molecule has 5 aromatic rings. The normalized spacial score (nSPS) is 11.2. The van der Waals surface area contributed by atoms with Gasteiger partial charge in [-0.3, -0.25) is 4.79 Å². The van der Waals surface area contributed by atoms with E-state index < -0.39 is 0 Å². The summed E-state index contributed by atoms with van der Waals surface area (Å²) in [5.41, 5.74) is 5.92. The zero-order valence-corrected chi connectivity index (χ0v) is 15.3. The van der Waals surface area contributed by atoms with Crippen molar-refractivity contribution in [2.24, 2.45) is 0 Å². The Kier molecular flexibility index (Phi) is 3.72. The van der Waals surface area contributed by atoms with Crippen LogP contribution in [-0.2, 0) is 0 Å². The summed E-state index contributed by atoms with van der Waals surface area (Å²) in [5.74, 6) is -0.177. The van der Waals surface area contributed by atoms with Gasteiger partial charge in [0.25, 0.3) is 5.91 Å². The zero-order chi connectivity index (χ0) is 19.1. The molecule has 0 unspecified atom stereocenters. The molecule has 1 amide bonds. The molecule has 0 radical (unpaired) electrons. The van der Waals surface area contributed by atoms with Gasteiger partial charge < -0.3 is 14.7 Å². The Labute approximate surface area is 161 Å². The Morgan fingerprint density at radius 1 is 1.04 bits per heavy atom. The van der Waals surface area contributed by atoms with E-state index in [4.69, 9.17) is 4.98 Å². The quantitative estimate of drug-likeness (QED) is 0.470. The van der Waals surface area contributed by atoms with Gasteiger partial charge in [-0.15, -0.1) is 0 Å². The SMILES string of the molecule is Cc1cccn2cc(-c3ccccc3NC(=O)c3cc4ccccc4[nH]3)nc12. The van der Waals surface area contributed by atoms with Gasteiger partial charge in [-0.2, -0.15) is 0 Å². The average Bonchev–Trinajstić information content (AvgIpc) is 3.33. The fraction of sp³-hybridized carbons (Fsp3) is 0.0435. The molecule has 0 spiro atoms. The molecule has 5 nitrogen and oxygen atoms in total. The first-order valence-electron chi connectivity index (χ1n) is 9.12. The monoisotopic (exact) mass is 366 g/mol. The van der Waals surface area contributed by atoms with Crippen molar-refractivity contribution in [1.82, 2.24) is 14.4 Å². The number of hydrogen-bond acceptors (Lipinski definition) is 2. The number of carbonyl (C=O) groups is 1. The topological polar surface area (TPSA) is 62.2 Å². The predicted octanol–water partition coefficient (Wildman–Crippen LogP) is 5.04. The second-order valence-electron chi connectivity index (χ2n) is 6.82. The van der Waals surface area contributed by atoms with Crippen molar-refractivity contribution >= 4 is 28.1 Å². The highest BCUT2D eigenvalue weighted by molar-refractivity contribution is 6.07. The summed E-state index contributed by atoms with van der Waals surface area (Å²) in [4.78, 5) is 20.8. The molecule has 0 fully saturated rings. The standard InChI is InChI=1S/C23H18N4O/c1-15-7-6-12-27-14-21(25-22(15)27)17-9-3-5-11-19(17)26-23(28)20-13-16-8-2-4-10-18(16)24-20/h2-14,24H,1H3,(H,26,28). The van der Waals surface area contributed by atoms with E-state index in [1.165, 1.54) is 0 Å². The highest BCUT2D eigenvalue weighted by atomic mass is 16.1. The molecule has 5 heteroatoms. The Morgan fingerprint density at radius 2 is 1.86 bits per heavy atom. The summed E-state index contributed by atoms with van der Waals surface area (Å²) in [5, 5.41) is 4.04. The third-order valence-electron chi connectivity index (χ3n) is 4.90. The van der Waals surface area contributed by atoms with Gasteiger partial charge in [0.2, 0.25) is 0 Å². The lowest BCUT2D eigenvalue weighted by atomic mass is 10.1. The van der Waals surface area contributed by atoms with Gasteiger partial charge in [-0.1, -0.05) is 42.5 Å². The molecule has 0 aliphatic carbocycles. The third kappa shape index (κ3) is 2.74. The number of rotatable bonds is 3. The minimum Gasteiger partial charge on any atom is -0.351 e. The molecule has 0 saturated carbocycles. The van der Waals surface area contributed by atoms with Crippen molar-refractivity contribution in [2.75, 3.05) is 5.32 Å². The summed E-state index contributed by atoms with van der Waals surface area (Å²) >= 11 is 0. The molecule has 3 heterocycles. The Bertz CT molecular complexity index is 1300. The Balaban J connectivity index is 1.52. The first-order valence-corrected chi connectivity index (χ1v) is 9.12. The summed E-state index contributed by atoms with van der Waals surface area (Å²) in [6, 6.07) is 21.5. The number of pyridine rings is 1. The van der Waals surface area contributed by atoms with Crippen molar-refractivity contribution < 1.29 is 4.79 Å². The van der Waals surface area contributed by atoms with E-state index >= 15 is 0 Å². The van der Waals surface area contributed by atoms with Gasteiger partial charge >= 0.3 is 0 Å². The molecule has 0 aliphatic rings. The van der Waals surface area contributed by atoms with Gasteiger partial charge in [-0.25, -0.2) is 4.98 Å². The number of nitrogens with zero attached hydrogens (tertiary/aromatic N) is 2. The predicted molar refractivity (Wildman–Crippen MR) is 112 cm³/mol. The molecule has 0 saturated heterocycles. The van der Waals surface area contributed by atoms with Gasteiger partial charge in [0.1, 0.15) is 11.3 Å². The van der Waals surface area contributed by atoms with Crippen molar-refractivity contribution in [2.45, 2.75) is 6.92 Å². The minimum atomic E-state index is -0.177. The summed E-state index contributed by atoms with van der Waals surface area (Å²) in [6.07, 6.45) is 3.96. The van der Waals surface area contributed by atoms with Crippen LogP contribution in [0.5, 0.6) is 0 Å². The maximum atomic E-state index is 12.8. The average molecular weight is 366 g/mol. The molecule has 0 atom stereocenters. The number of fused-ring (bicyclic) bond motifs is 2. The second-order valence-corrected chi connectivity index (χ2v) is 6.82. The largest absolute Gasteiger partial charge is 0.351 e. The number of carbonyl (C=O) groups excluding carboxylic acids is 1. The number of imidazole rings is 1. The van der Waals surface area contributed by atoms with Crippen LogP contribution in [0, 0.1) is 6.92 Å². The molecule has 0 aliphatic heterocycles. The van der Waals surface area contributed by atoms with Crippen LogP contribution in [0.15, 0.2) is 79.1 Å². The van der Waals surface area contributed by atoms with Crippen LogP contribution in [0.2, 0.25) is 0 Å². The van der Waals surface area contributed by atoms with Gasteiger partial charge in [0.05, 0.1) is 11.4 Å². The molecular weight excluding hydrogens is 348 g/mol. The van der Waals surface area contributed by atoms with Crippen molar-refractivity contribution in [3.63, 3.8) is 0 Å². The molecule has 3 aromatic heterocycles. The first kappa shape index (κ1) is 16.3. The van der Waals surface area contributed by atoms with Gasteiger partial charge in [-0.05, 0) is 36.8 Å². The van der Waals surface area contributed by atoms with Crippen LogP contribution >= 0.6 is 0 Å². The fourth-order valence-corrected chi connectivity index (χ4v) is 3.48. The van der Waals surface area contributed by atoms with Crippen LogP contribution in [0.1, 0.15) is 16.1 Å². The van der Waals surface area contributed by atoms with E-state index in [0.717, 1.165) is 39.1 Å². The number of benzene rings is 2. The van der Waals surface area contributed by atoms with Crippen LogP contribution < -0.4 is 5.32 Å². The molecule has 0 bridgehead atoms. The van der Waals surface area contributed by atoms with E-state index in [1.54, 1.807) is 0 Å². The Morgan fingerprint density at radius 3 is 2.71 bits per heavy atom. The summed E-state index contributed by atoms with van der Waals surface area (Å²) < 4.78 is 2.00. The number of H-pyrrole nitrogens is 1. The smallest absolute Gasteiger partial charge is 0.272 e. The Hall–Kier alpha value is -3.86. The molecule has 28 heavy (non-hydrogen) atoms. The second kappa shape index (κ2) is 6.39. The van der Waals surface area contributed by atoms with Crippen molar-refractivity contribution in [3.05, 3.63) is 90.4 Å². The zero-order valence-electron chi connectivity index (χ0n) is 15.3. The highest BCUT2D eigenvalue weighted by Crippen LogP contribution is 2.28. The van der Waals surface area contributed by atoms with E-state index in [0.29, 0.717) is 5.69 Å². The third-order valence-corrected chi connectivity index (χ3v) is 4.90. The summed E-state index contributed by atoms with van der Waals surface area (Å²) in [7, 11) is 0. The number of amides is 1. The van der Waals surface area contributed by atoms with Crippen LogP contribution in [0.3, 0.4) is 0 Å². The lowest BCUT2D eigenvalue weighted by Crippen LogP contribution is -2.12. The van der Waals surface area contributed by atoms with Crippen LogP contribution in [-0.4, -0.2) is 20.3 Å². The van der Waals surface area contributed by atoms with Crippen LogP contribution in [0.4, 0.5) is 5.69 Å². The fourth-order valence-electron chi connectivity index (χ4n) is 3.48. The highest BCUT2D eigenvalue weighted by Gasteiger charge is 2.14. The molecule has 136 valence electrons. The minimum absolute atomic E-state index is 0.177. The maximum Gasteiger partial charge on any atom is 0.272 e. The number of aryl methyl sites for hydroxylation is 1. The molecular formula is C23H18N4O. The number of anilines is 1. The lowest BCUT2D eigenvalue weighted by molar-refractivity contribution is 0.102. The number of nitrogens with one attached hydrogen (secondary N) is 2. The lowest BCUT2D eigenvalue weighted by Gasteiger charge is -2.08. The van der Waals surface area contributed by atoms with Crippen molar-refractivity contribution in [1.29, 1.82) is 0 Å². The van der Waals surface area contributed by atoms with E-state index in [9.17, 15) is 4.79 Å². The number of para-hydroxylation sites is 2. The van der Waals surface area contributed by atoms with Crippen LogP contribution in [0.25, 0.3) is 27.8 Å².